The summed E-state index contributed by atoms with van der Waals surface area (Å²) in [5, 5.41) is 2.77. The first-order valence-corrected chi connectivity index (χ1v) is 10.4. The van der Waals surface area contributed by atoms with Crippen molar-refractivity contribution >= 4 is 27.3 Å². The fourth-order valence-electron chi connectivity index (χ4n) is 3.02. The van der Waals surface area contributed by atoms with Crippen LogP contribution in [-0.4, -0.2) is 34.0 Å². The topological polar surface area (TPSA) is 78.5 Å². The predicted molar refractivity (Wildman–Crippen MR) is 108 cm³/mol. The Kier molecular flexibility index (Phi) is 5.15. The van der Waals surface area contributed by atoms with Gasteiger partial charge in [0.05, 0.1) is 22.8 Å². The van der Waals surface area contributed by atoms with E-state index < -0.39 is 10.0 Å². The van der Waals surface area contributed by atoms with Crippen LogP contribution in [0.5, 0.6) is 0 Å². The number of anilines is 2. The molecule has 1 fully saturated rings. The maximum Gasteiger partial charge on any atom is 0.261 e. The van der Waals surface area contributed by atoms with Crippen LogP contribution in [-0.2, 0) is 20.2 Å². The van der Waals surface area contributed by atoms with Crippen LogP contribution in [0.15, 0.2) is 53.4 Å². The molecule has 0 spiro atoms. The highest BCUT2D eigenvalue weighted by molar-refractivity contribution is 7.92. The maximum absolute atomic E-state index is 12.9. The third-order valence-electron chi connectivity index (χ3n) is 4.56. The van der Waals surface area contributed by atoms with Gasteiger partial charge in [0, 0.05) is 13.1 Å². The van der Waals surface area contributed by atoms with Crippen molar-refractivity contribution < 1.29 is 13.2 Å². The van der Waals surface area contributed by atoms with Crippen molar-refractivity contribution in [2.75, 3.05) is 29.3 Å². The van der Waals surface area contributed by atoms with Gasteiger partial charge < -0.3 is 10.2 Å². The number of carbonyl (C=O) groups is 1. The quantitative estimate of drug-likeness (QED) is 0.846. The maximum atomic E-state index is 12.9. The number of carbonyl (C=O) groups excluding carboxylic acids is 1. The van der Waals surface area contributed by atoms with E-state index in [2.05, 4.69) is 30.8 Å². The van der Waals surface area contributed by atoms with Crippen LogP contribution >= 0.6 is 0 Å². The summed E-state index contributed by atoms with van der Waals surface area (Å²) in [6.45, 7) is 7.62. The van der Waals surface area contributed by atoms with Gasteiger partial charge in [-0.3, -0.25) is 9.52 Å². The highest BCUT2D eigenvalue weighted by Crippen LogP contribution is 2.29. The van der Waals surface area contributed by atoms with Gasteiger partial charge in [0.25, 0.3) is 10.0 Å². The lowest BCUT2D eigenvalue weighted by molar-refractivity contribution is -0.120. The van der Waals surface area contributed by atoms with Gasteiger partial charge in [0.2, 0.25) is 5.91 Å². The Labute approximate surface area is 160 Å². The summed E-state index contributed by atoms with van der Waals surface area (Å²) in [4.78, 5) is 13.8. The highest BCUT2D eigenvalue weighted by atomic mass is 32.2. The van der Waals surface area contributed by atoms with Crippen molar-refractivity contribution in [3.63, 3.8) is 0 Å². The lowest BCUT2D eigenvalue weighted by atomic mass is 9.87. The molecule has 1 aliphatic rings. The summed E-state index contributed by atoms with van der Waals surface area (Å²) in [5.41, 5.74) is 2.19. The molecule has 0 atom stereocenters. The monoisotopic (exact) mass is 387 g/mol. The van der Waals surface area contributed by atoms with Gasteiger partial charge in [-0.25, -0.2) is 8.42 Å². The van der Waals surface area contributed by atoms with E-state index in [9.17, 15) is 13.2 Å². The summed E-state index contributed by atoms with van der Waals surface area (Å²) in [5.74, 6) is -0.0725. The summed E-state index contributed by atoms with van der Waals surface area (Å²) in [7, 11) is -3.73. The van der Waals surface area contributed by atoms with Gasteiger partial charge >= 0.3 is 0 Å². The molecular weight excluding hydrogens is 362 g/mol. The van der Waals surface area contributed by atoms with Crippen LogP contribution in [0.3, 0.4) is 0 Å². The molecular formula is C20H25N3O3S. The lowest BCUT2D eigenvalue weighted by Gasteiger charge is -2.30. The molecule has 2 N–H and O–H groups in total. The molecule has 7 heteroatoms. The number of amides is 1. The number of para-hydroxylation sites is 2. The number of rotatable bonds is 4. The molecule has 2 aromatic rings. The van der Waals surface area contributed by atoms with Crippen molar-refractivity contribution in [1.29, 1.82) is 0 Å². The Bertz CT molecular complexity index is 932. The summed E-state index contributed by atoms with van der Waals surface area (Å²) in [6.07, 6.45) is 0. The van der Waals surface area contributed by atoms with Gasteiger partial charge in [0.15, 0.2) is 0 Å². The van der Waals surface area contributed by atoms with E-state index in [0.717, 1.165) is 5.56 Å². The summed E-state index contributed by atoms with van der Waals surface area (Å²) < 4.78 is 28.4. The Morgan fingerprint density at radius 2 is 1.70 bits per heavy atom. The van der Waals surface area contributed by atoms with E-state index in [1.807, 2.05) is 29.2 Å². The van der Waals surface area contributed by atoms with Gasteiger partial charge in [-0.15, -0.1) is 0 Å². The van der Waals surface area contributed by atoms with E-state index in [1.165, 1.54) is 0 Å². The fourth-order valence-corrected chi connectivity index (χ4v) is 4.09. The minimum absolute atomic E-state index is 0.0445. The number of sulfonamides is 1. The molecule has 0 aromatic heterocycles. The standard InChI is InChI=1S/C20H25N3O3S/c1-20(2,3)15-8-10-16(11-9-15)27(25,26)22-17-6-4-5-7-18(17)23-13-12-21-19(24)14-23/h4-11,22H,12-14H2,1-3H3,(H,21,24). The first-order chi connectivity index (χ1) is 12.7. The molecule has 0 bridgehead atoms. The van der Waals surface area contributed by atoms with Gasteiger partial charge in [0.1, 0.15) is 0 Å². The molecule has 0 saturated carbocycles. The number of nitrogens with zero attached hydrogens (tertiary/aromatic N) is 1. The summed E-state index contributed by atoms with van der Waals surface area (Å²) >= 11 is 0. The Morgan fingerprint density at radius 1 is 1.04 bits per heavy atom. The average molecular weight is 388 g/mol. The van der Waals surface area contributed by atoms with Crippen LogP contribution < -0.4 is 14.9 Å². The van der Waals surface area contributed by atoms with Gasteiger partial charge in [-0.1, -0.05) is 45.0 Å². The molecule has 144 valence electrons. The SMILES string of the molecule is CC(C)(C)c1ccc(S(=O)(=O)Nc2ccccc2N2CCNC(=O)C2)cc1. The van der Waals surface area contributed by atoms with E-state index >= 15 is 0 Å². The fraction of sp³-hybridized carbons (Fsp3) is 0.350. The van der Waals surface area contributed by atoms with Crippen molar-refractivity contribution in [1.82, 2.24) is 5.32 Å². The number of piperazine rings is 1. The summed E-state index contributed by atoms with van der Waals surface area (Å²) in [6, 6.07) is 14.1. The van der Waals surface area contributed by atoms with Crippen LogP contribution in [0, 0.1) is 0 Å². The second kappa shape index (κ2) is 7.23. The van der Waals surface area contributed by atoms with Crippen molar-refractivity contribution in [2.45, 2.75) is 31.1 Å². The molecule has 1 heterocycles. The molecule has 3 rings (SSSR count). The molecule has 0 aliphatic carbocycles. The number of hydrogen-bond donors (Lipinski definition) is 2. The Hall–Kier alpha value is -2.54. The molecule has 1 amide bonds. The first kappa shape index (κ1) is 19.2. The normalized spacial score (nSPS) is 15.4. The molecule has 0 radical (unpaired) electrons. The van der Waals surface area contributed by atoms with Crippen LogP contribution in [0.25, 0.3) is 0 Å². The lowest BCUT2D eigenvalue weighted by Crippen LogP contribution is -2.47. The van der Waals surface area contributed by atoms with Crippen molar-refractivity contribution in [2.24, 2.45) is 0 Å². The third-order valence-corrected chi connectivity index (χ3v) is 5.94. The molecule has 0 unspecified atom stereocenters. The number of nitrogens with one attached hydrogen (secondary N) is 2. The largest absolute Gasteiger partial charge is 0.359 e. The van der Waals surface area contributed by atoms with Crippen molar-refractivity contribution in [3.8, 4) is 0 Å². The predicted octanol–water partition coefficient (Wildman–Crippen LogP) is 2.72. The molecule has 1 saturated heterocycles. The van der Waals surface area contributed by atoms with E-state index in [-0.39, 0.29) is 22.8 Å². The van der Waals surface area contributed by atoms with Crippen LogP contribution in [0.1, 0.15) is 26.3 Å². The molecule has 27 heavy (non-hydrogen) atoms. The average Bonchev–Trinajstić information content (AvgIpc) is 2.61. The Balaban J connectivity index is 1.87. The Morgan fingerprint density at radius 3 is 2.33 bits per heavy atom. The molecule has 1 aliphatic heterocycles. The van der Waals surface area contributed by atoms with Crippen LogP contribution in [0.4, 0.5) is 11.4 Å². The molecule has 2 aromatic carbocycles. The second-order valence-corrected chi connectivity index (χ2v) is 9.35. The zero-order chi connectivity index (χ0) is 19.7. The first-order valence-electron chi connectivity index (χ1n) is 8.91. The smallest absolute Gasteiger partial charge is 0.261 e. The molecule has 6 nitrogen and oxygen atoms in total. The van der Waals surface area contributed by atoms with E-state index in [1.54, 1.807) is 24.3 Å². The van der Waals surface area contributed by atoms with Gasteiger partial charge in [-0.2, -0.15) is 0 Å². The zero-order valence-corrected chi connectivity index (χ0v) is 16.6. The highest BCUT2D eigenvalue weighted by Gasteiger charge is 2.22. The van der Waals surface area contributed by atoms with Gasteiger partial charge in [-0.05, 0) is 35.2 Å². The number of benzene rings is 2. The minimum Gasteiger partial charge on any atom is -0.359 e. The van der Waals surface area contributed by atoms with Crippen molar-refractivity contribution in [3.05, 3.63) is 54.1 Å². The van der Waals surface area contributed by atoms with Crippen LogP contribution in [0.2, 0.25) is 0 Å². The van der Waals surface area contributed by atoms with E-state index in [0.29, 0.717) is 24.5 Å². The third kappa shape index (κ3) is 4.42. The zero-order valence-electron chi connectivity index (χ0n) is 15.8. The minimum atomic E-state index is -3.73. The number of hydrogen-bond acceptors (Lipinski definition) is 4. The van der Waals surface area contributed by atoms with E-state index in [4.69, 9.17) is 0 Å². The second-order valence-electron chi connectivity index (χ2n) is 7.67.